The first kappa shape index (κ1) is 15.2. The van der Waals surface area contributed by atoms with Crippen molar-refractivity contribution < 1.29 is 31.5 Å². The molecule has 1 fully saturated rings. The summed E-state index contributed by atoms with van der Waals surface area (Å²) in [6.45, 7) is 0.736. The van der Waals surface area contributed by atoms with Crippen molar-refractivity contribution in [2.45, 2.75) is 12.1 Å². The van der Waals surface area contributed by atoms with Gasteiger partial charge in [0.1, 0.15) is 6.04 Å². The first-order valence-electron chi connectivity index (χ1n) is 5.82. The lowest BCUT2D eigenvalue weighted by atomic mass is 10.0. The van der Waals surface area contributed by atoms with Gasteiger partial charge in [-0.2, -0.15) is 13.5 Å². The van der Waals surface area contributed by atoms with Crippen molar-refractivity contribution >= 4 is 16.4 Å². The smallest absolute Gasteiger partial charge is 0.382 e. The Bertz CT molecular complexity index is 518. The van der Waals surface area contributed by atoms with Crippen LogP contribution in [0.3, 0.4) is 0 Å². The van der Waals surface area contributed by atoms with E-state index < -0.39 is 22.5 Å². The molecule has 1 N–H and O–H groups in total. The maximum absolute atomic E-state index is 12.1. The van der Waals surface area contributed by atoms with E-state index in [2.05, 4.69) is 4.28 Å². The summed E-state index contributed by atoms with van der Waals surface area (Å²) >= 11 is 0. The number of rotatable bonds is 6. The average molecular weight is 308 g/mol. The monoisotopic (exact) mass is 308 g/mol. The molecule has 1 saturated heterocycles. The molecule has 0 aromatic rings. The van der Waals surface area contributed by atoms with Crippen LogP contribution in [0.2, 0.25) is 0 Å². The molecular formula is C10H16N2O7S. The molecule has 0 spiro atoms. The van der Waals surface area contributed by atoms with Crippen molar-refractivity contribution in [3.05, 3.63) is 11.6 Å². The van der Waals surface area contributed by atoms with Crippen LogP contribution in [0.25, 0.3) is 0 Å². The first-order valence-corrected chi connectivity index (χ1v) is 7.19. The van der Waals surface area contributed by atoms with Crippen LogP contribution in [0, 0.1) is 0 Å². The molecule has 10 heteroatoms. The Labute approximate surface area is 116 Å². The van der Waals surface area contributed by atoms with Crippen LogP contribution >= 0.6 is 0 Å². The van der Waals surface area contributed by atoms with Gasteiger partial charge < -0.3 is 14.4 Å². The molecule has 2 bridgehead atoms. The van der Waals surface area contributed by atoms with Gasteiger partial charge in [0.05, 0.1) is 25.8 Å². The highest BCUT2D eigenvalue weighted by atomic mass is 32.3. The van der Waals surface area contributed by atoms with Crippen LogP contribution in [-0.2, 0) is 24.2 Å². The van der Waals surface area contributed by atoms with Crippen molar-refractivity contribution in [1.29, 1.82) is 0 Å². The molecule has 2 atom stereocenters. The van der Waals surface area contributed by atoms with Gasteiger partial charge in [0.15, 0.2) is 0 Å². The fraction of sp³-hybridized carbons (Fsp3) is 0.700. The van der Waals surface area contributed by atoms with E-state index in [-0.39, 0.29) is 25.8 Å². The van der Waals surface area contributed by atoms with E-state index in [1.807, 2.05) is 0 Å². The SMILES string of the molecule is COCC1=C[C@@H](COC)N2C[C@@H]1N(OS(=O)(=O)O)C2=O. The molecule has 0 radical (unpaired) electrons. The Morgan fingerprint density at radius 3 is 2.65 bits per heavy atom. The number of fused-ring (bicyclic) bond motifs is 2. The minimum absolute atomic E-state index is 0.220. The van der Waals surface area contributed by atoms with E-state index in [0.717, 1.165) is 0 Å². The molecule has 0 aromatic carbocycles. The number of amides is 2. The molecule has 20 heavy (non-hydrogen) atoms. The fourth-order valence-electron chi connectivity index (χ4n) is 2.40. The second kappa shape index (κ2) is 5.66. The van der Waals surface area contributed by atoms with Crippen LogP contribution < -0.4 is 0 Å². The van der Waals surface area contributed by atoms with E-state index in [1.54, 1.807) is 6.08 Å². The molecule has 2 amide bonds. The van der Waals surface area contributed by atoms with Crippen LogP contribution in [0.1, 0.15) is 0 Å². The number of nitrogens with zero attached hydrogens (tertiary/aromatic N) is 2. The maximum Gasteiger partial charge on any atom is 0.418 e. The highest BCUT2D eigenvalue weighted by Gasteiger charge is 2.48. The highest BCUT2D eigenvalue weighted by Crippen LogP contribution is 2.31. The van der Waals surface area contributed by atoms with Gasteiger partial charge in [0.2, 0.25) is 0 Å². The zero-order valence-electron chi connectivity index (χ0n) is 11.1. The quantitative estimate of drug-likeness (QED) is 0.517. The number of ether oxygens (including phenoxy) is 2. The summed E-state index contributed by atoms with van der Waals surface area (Å²) < 4.78 is 44.9. The third-order valence-electron chi connectivity index (χ3n) is 3.14. The molecule has 0 aromatic heterocycles. The Balaban J connectivity index is 2.28. The van der Waals surface area contributed by atoms with Crippen LogP contribution in [0.4, 0.5) is 4.79 Å². The molecule has 2 aliphatic rings. The number of hydrogen-bond donors (Lipinski definition) is 1. The zero-order chi connectivity index (χ0) is 14.9. The van der Waals surface area contributed by atoms with Gasteiger partial charge >= 0.3 is 16.4 Å². The molecule has 2 aliphatic heterocycles. The molecule has 0 unspecified atom stereocenters. The second-order valence-electron chi connectivity index (χ2n) is 4.48. The minimum atomic E-state index is -4.77. The molecule has 114 valence electrons. The minimum Gasteiger partial charge on any atom is -0.382 e. The van der Waals surface area contributed by atoms with E-state index >= 15 is 0 Å². The van der Waals surface area contributed by atoms with E-state index in [1.165, 1.54) is 19.1 Å². The normalized spacial score (nSPS) is 26.1. The summed E-state index contributed by atoms with van der Waals surface area (Å²) in [5, 5.41) is 0.649. The lowest BCUT2D eigenvalue weighted by Crippen LogP contribution is -2.41. The molecular weight excluding hydrogens is 292 g/mol. The van der Waals surface area contributed by atoms with Crippen LogP contribution in [0.5, 0.6) is 0 Å². The summed E-state index contributed by atoms with van der Waals surface area (Å²) in [7, 11) is -1.78. The number of carbonyl (C=O) groups excluding carboxylic acids is 1. The average Bonchev–Trinajstić information content (AvgIpc) is 2.60. The third-order valence-corrected chi connectivity index (χ3v) is 3.49. The first-order chi connectivity index (χ1) is 9.37. The third kappa shape index (κ3) is 2.94. The zero-order valence-corrected chi connectivity index (χ0v) is 11.9. The van der Waals surface area contributed by atoms with E-state index in [4.69, 9.17) is 14.0 Å². The summed E-state index contributed by atoms with van der Waals surface area (Å²) in [4.78, 5) is 13.5. The molecule has 0 saturated carbocycles. The van der Waals surface area contributed by atoms with Gasteiger partial charge in [-0.1, -0.05) is 6.08 Å². The Morgan fingerprint density at radius 2 is 2.10 bits per heavy atom. The Hall–Kier alpha value is -1.20. The number of hydrogen-bond acceptors (Lipinski definition) is 6. The summed E-state index contributed by atoms with van der Waals surface area (Å²) in [6, 6.07) is -1.58. The standard InChI is InChI=1S/C10H16N2O7S/c1-17-5-7-3-8(6-18-2)11-4-9(7)12(10(11)13)19-20(14,15)16/h3,8-9H,4-6H2,1-2H3,(H,14,15,16)/t8-,9-/m0/s1. The van der Waals surface area contributed by atoms with Gasteiger partial charge in [-0.15, -0.1) is 4.28 Å². The highest BCUT2D eigenvalue weighted by molar-refractivity contribution is 7.80. The van der Waals surface area contributed by atoms with E-state index in [0.29, 0.717) is 10.6 Å². The molecule has 9 nitrogen and oxygen atoms in total. The molecule has 0 aliphatic carbocycles. The van der Waals surface area contributed by atoms with Crippen molar-refractivity contribution in [1.82, 2.24) is 9.96 Å². The molecule has 2 heterocycles. The summed E-state index contributed by atoms with van der Waals surface area (Å²) in [5.41, 5.74) is 0.695. The number of methoxy groups -OCH3 is 2. The largest absolute Gasteiger partial charge is 0.418 e. The lowest BCUT2D eigenvalue weighted by molar-refractivity contribution is -0.0239. The number of hydroxylamine groups is 2. The number of carbonyl (C=O) groups is 1. The molecule has 2 rings (SSSR count). The fourth-order valence-corrected chi connectivity index (χ4v) is 2.77. The van der Waals surface area contributed by atoms with Crippen molar-refractivity contribution in [2.24, 2.45) is 0 Å². The predicted octanol–water partition coefficient (Wildman–Crippen LogP) is -0.572. The number of urea groups is 1. The maximum atomic E-state index is 12.1. The second-order valence-corrected chi connectivity index (χ2v) is 5.48. The van der Waals surface area contributed by atoms with E-state index in [9.17, 15) is 13.2 Å². The van der Waals surface area contributed by atoms with Crippen LogP contribution in [-0.4, -0.2) is 75.0 Å². The van der Waals surface area contributed by atoms with Gasteiger partial charge in [0, 0.05) is 14.2 Å². The predicted molar refractivity (Wildman–Crippen MR) is 66.0 cm³/mol. The Kier molecular flexibility index (Phi) is 4.30. The van der Waals surface area contributed by atoms with Gasteiger partial charge in [0.25, 0.3) is 0 Å². The lowest BCUT2D eigenvalue weighted by Gasteiger charge is -2.28. The summed E-state index contributed by atoms with van der Waals surface area (Å²) in [5.74, 6) is 0. The van der Waals surface area contributed by atoms with Gasteiger partial charge in [-0.3, -0.25) is 4.55 Å². The van der Waals surface area contributed by atoms with Gasteiger partial charge in [-0.25, -0.2) is 4.79 Å². The summed E-state index contributed by atoms with van der Waals surface area (Å²) in [6.07, 6.45) is 1.78. The van der Waals surface area contributed by atoms with Crippen LogP contribution in [0.15, 0.2) is 11.6 Å². The van der Waals surface area contributed by atoms with Crippen molar-refractivity contribution in [3.8, 4) is 0 Å². The topological polar surface area (TPSA) is 106 Å². The Morgan fingerprint density at radius 1 is 1.40 bits per heavy atom. The van der Waals surface area contributed by atoms with Crippen molar-refractivity contribution in [2.75, 3.05) is 34.0 Å². The van der Waals surface area contributed by atoms with Gasteiger partial charge in [-0.05, 0) is 5.57 Å². The van der Waals surface area contributed by atoms with Crippen molar-refractivity contribution in [3.63, 3.8) is 0 Å².